The van der Waals surface area contributed by atoms with Crippen molar-refractivity contribution in [2.24, 2.45) is 0 Å². The van der Waals surface area contributed by atoms with Gasteiger partial charge in [0, 0.05) is 63.1 Å². The van der Waals surface area contributed by atoms with E-state index in [1.165, 1.54) is 55.8 Å². The van der Waals surface area contributed by atoms with E-state index >= 15 is 4.79 Å². The molecule has 3 saturated heterocycles. The molecule has 0 spiro atoms. The third-order valence-electron chi connectivity index (χ3n) is 10.3. The lowest BCUT2D eigenvalue weighted by atomic mass is 9.83. The summed E-state index contributed by atoms with van der Waals surface area (Å²) >= 11 is 0. The van der Waals surface area contributed by atoms with Gasteiger partial charge in [0.2, 0.25) is 5.88 Å². The van der Waals surface area contributed by atoms with Crippen molar-refractivity contribution < 1.29 is 32.2 Å². The second-order valence-electron chi connectivity index (χ2n) is 13.0. The molecule has 1 aromatic heterocycles. The summed E-state index contributed by atoms with van der Waals surface area (Å²) in [6.45, 7) is 8.17. The van der Waals surface area contributed by atoms with Crippen molar-refractivity contribution in [2.45, 2.75) is 42.3 Å². The van der Waals surface area contributed by atoms with Crippen molar-refractivity contribution >= 4 is 27.6 Å². The number of rotatable bonds is 9. The molecule has 4 aliphatic rings. The van der Waals surface area contributed by atoms with Crippen LogP contribution in [0, 0.1) is 11.3 Å². The van der Waals surface area contributed by atoms with E-state index < -0.39 is 27.5 Å². The standard InChI is InChI=1S/C36H41N7O7S/c1-3-50-33-30(5-4-14-38-33)36(39-35(45)42-23-27(24-42)40-15-12-26(13-16-40)41-17-19-49-20-18-41)31-21-25(22-37)6-11-32(31)43(34(36)44)51(46,47)29-9-7-28(48-2)8-10-29/h4-11,14,21,26-27H,3,12-13,15-20,23-24H2,1-2H3,(H,39,45)/t36-/m1/s1. The van der Waals surface area contributed by atoms with Crippen molar-refractivity contribution in [3.8, 4) is 17.7 Å². The minimum Gasteiger partial charge on any atom is -0.497 e. The van der Waals surface area contributed by atoms with Gasteiger partial charge in [-0.25, -0.2) is 18.2 Å². The third kappa shape index (κ3) is 6.16. The normalized spacial score (nSPS) is 21.9. The SMILES string of the molecule is CCOc1ncccc1[C@]1(NC(=O)N2CC(N3CCC(N4CCOCC4)CC3)C2)C(=O)N(S(=O)(=O)c2ccc(OC)cc2)c2ccc(C#N)cc21. The second-order valence-corrected chi connectivity index (χ2v) is 14.8. The van der Waals surface area contributed by atoms with Gasteiger partial charge < -0.3 is 24.4 Å². The highest BCUT2D eigenvalue weighted by Gasteiger charge is 2.59. The molecule has 51 heavy (non-hydrogen) atoms. The molecule has 0 aliphatic carbocycles. The maximum atomic E-state index is 15.0. The number of carbonyl (C=O) groups is 2. The van der Waals surface area contributed by atoms with E-state index in [1.54, 1.807) is 24.0 Å². The number of morpholine rings is 1. The number of nitriles is 1. The zero-order valence-corrected chi connectivity index (χ0v) is 29.5. The number of pyridine rings is 1. The number of likely N-dealkylation sites (tertiary alicyclic amines) is 2. The summed E-state index contributed by atoms with van der Waals surface area (Å²) in [6.07, 6.45) is 3.60. The van der Waals surface area contributed by atoms with Crippen LogP contribution in [0.3, 0.4) is 0 Å². The van der Waals surface area contributed by atoms with Gasteiger partial charge in [-0.3, -0.25) is 14.6 Å². The smallest absolute Gasteiger partial charge is 0.318 e. The molecule has 4 aliphatic heterocycles. The fourth-order valence-electron chi connectivity index (χ4n) is 7.58. The Morgan fingerprint density at radius 3 is 2.39 bits per heavy atom. The van der Waals surface area contributed by atoms with E-state index in [4.69, 9.17) is 14.2 Å². The fraction of sp³-hybridized carbons (Fsp3) is 0.444. The Morgan fingerprint density at radius 2 is 1.73 bits per heavy atom. The Labute approximate surface area is 297 Å². The van der Waals surface area contributed by atoms with E-state index in [0.29, 0.717) is 29.2 Å². The highest BCUT2D eigenvalue weighted by molar-refractivity contribution is 7.93. The average molecular weight is 716 g/mol. The van der Waals surface area contributed by atoms with Gasteiger partial charge in [-0.05, 0) is 74.4 Å². The number of benzene rings is 2. The number of amides is 3. The molecule has 14 nitrogen and oxygen atoms in total. The number of nitrogens with zero attached hydrogens (tertiary/aromatic N) is 6. The molecule has 0 radical (unpaired) electrons. The lowest BCUT2D eigenvalue weighted by Crippen LogP contribution is -2.67. The number of hydrogen-bond acceptors (Lipinski definition) is 11. The van der Waals surface area contributed by atoms with E-state index in [9.17, 15) is 18.5 Å². The number of anilines is 1. The third-order valence-corrected chi connectivity index (χ3v) is 12.0. The van der Waals surface area contributed by atoms with Crippen molar-refractivity contribution in [1.82, 2.24) is 25.0 Å². The Hall–Kier alpha value is -4.75. The first-order valence-corrected chi connectivity index (χ1v) is 18.6. The largest absolute Gasteiger partial charge is 0.497 e. The first-order chi connectivity index (χ1) is 24.7. The number of urea groups is 1. The van der Waals surface area contributed by atoms with Crippen molar-refractivity contribution in [1.29, 1.82) is 5.26 Å². The van der Waals surface area contributed by atoms with Crippen molar-refractivity contribution in [2.75, 3.05) is 70.5 Å². The lowest BCUT2D eigenvalue weighted by Gasteiger charge is -2.49. The summed E-state index contributed by atoms with van der Waals surface area (Å²) in [5, 5.41) is 12.9. The first kappa shape index (κ1) is 34.7. The first-order valence-electron chi connectivity index (χ1n) is 17.2. The van der Waals surface area contributed by atoms with Gasteiger partial charge >= 0.3 is 6.03 Å². The quantitative estimate of drug-likeness (QED) is 0.347. The highest BCUT2D eigenvalue weighted by atomic mass is 32.2. The highest BCUT2D eigenvalue weighted by Crippen LogP contribution is 2.49. The van der Waals surface area contributed by atoms with Crippen LogP contribution in [0.5, 0.6) is 11.6 Å². The molecule has 3 fully saturated rings. The zero-order chi connectivity index (χ0) is 35.8. The van der Waals surface area contributed by atoms with E-state index in [0.717, 1.165) is 52.2 Å². The van der Waals surface area contributed by atoms with E-state index in [2.05, 4.69) is 26.2 Å². The van der Waals surface area contributed by atoms with Gasteiger partial charge in [-0.1, -0.05) is 0 Å². The number of hydrogen-bond donors (Lipinski definition) is 1. The van der Waals surface area contributed by atoms with Crippen LogP contribution in [0.2, 0.25) is 0 Å². The molecule has 0 unspecified atom stereocenters. The summed E-state index contributed by atoms with van der Waals surface area (Å²) < 4.78 is 46.0. The lowest BCUT2D eigenvalue weighted by molar-refractivity contribution is -0.121. The van der Waals surface area contributed by atoms with Gasteiger partial charge in [0.05, 0.1) is 54.7 Å². The van der Waals surface area contributed by atoms with Crippen LogP contribution in [0.25, 0.3) is 0 Å². The van der Waals surface area contributed by atoms with Crippen LogP contribution in [-0.4, -0.2) is 118 Å². The molecule has 15 heteroatoms. The summed E-state index contributed by atoms with van der Waals surface area (Å²) in [6, 6.07) is 15.4. The summed E-state index contributed by atoms with van der Waals surface area (Å²) in [4.78, 5) is 40.0. The molecule has 3 aromatic rings. The number of carbonyl (C=O) groups excluding carboxylic acids is 2. The molecular weight excluding hydrogens is 675 g/mol. The molecule has 5 heterocycles. The van der Waals surface area contributed by atoms with Crippen LogP contribution in [0.15, 0.2) is 65.7 Å². The molecular formula is C36H41N7O7S. The summed E-state index contributed by atoms with van der Waals surface area (Å²) in [5.74, 6) is -0.461. The minimum atomic E-state index is -4.53. The van der Waals surface area contributed by atoms with Gasteiger partial charge in [-0.15, -0.1) is 0 Å². The van der Waals surface area contributed by atoms with Crippen LogP contribution in [-0.2, 0) is 25.1 Å². The Balaban J connectivity index is 1.21. The molecule has 7 rings (SSSR count). The molecule has 0 bridgehead atoms. The topological polar surface area (TPSA) is 158 Å². The van der Waals surface area contributed by atoms with Gasteiger partial charge in [0.15, 0.2) is 5.54 Å². The molecule has 268 valence electrons. The average Bonchev–Trinajstić information content (AvgIpc) is 3.39. The summed E-state index contributed by atoms with van der Waals surface area (Å²) in [5.41, 5.74) is -1.65. The maximum Gasteiger partial charge on any atom is 0.318 e. The molecule has 1 N–H and O–H groups in total. The number of sulfonamides is 1. The molecule has 0 saturated carbocycles. The van der Waals surface area contributed by atoms with E-state index in [-0.39, 0.29) is 45.8 Å². The van der Waals surface area contributed by atoms with Crippen molar-refractivity contribution in [3.05, 3.63) is 77.5 Å². The van der Waals surface area contributed by atoms with Crippen LogP contribution >= 0.6 is 0 Å². The molecule has 3 amide bonds. The Morgan fingerprint density at radius 1 is 1.02 bits per heavy atom. The van der Waals surface area contributed by atoms with Crippen LogP contribution < -0.4 is 19.1 Å². The zero-order valence-electron chi connectivity index (χ0n) is 28.7. The molecule has 2 aromatic carbocycles. The minimum absolute atomic E-state index is 0.00560. The second kappa shape index (κ2) is 14.1. The number of piperidine rings is 1. The number of fused-ring (bicyclic) bond motifs is 1. The van der Waals surface area contributed by atoms with Crippen LogP contribution in [0.1, 0.15) is 36.5 Å². The Bertz CT molecular complexity index is 1930. The number of aromatic nitrogens is 1. The number of ether oxygens (including phenoxy) is 3. The Kier molecular flexibility index (Phi) is 9.60. The number of methoxy groups -OCH3 is 1. The predicted molar refractivity (Wildman–Crippen MR) is 186 cm³/mol. The summed E-state index contributed by atoms with van der Waals surface area (Å²) in [7, 11) is -3.07. The van der Waals surface area contributed by atoms with Gasteiger partial charge in [0.1, 0.15) is 5.75 Å². The number of nitrogens with one attached hydrogen (secondary N) is 1. The van der Waals surface area contributed by atoms with Crippen LogP contribution in [0.4, 0.5) is 10.5 Å². The fourth-order valence-corrected chi connectivity index (χ4v) is 9.04. The van der Waals surface area contributed by atoms with Crippen molar-refractivity contribution in [3.63, 3.8) is 0 Å². The van der Waals surface area contributed by atoms with Gasteiger partial charge in [-0.2, -0.15) is 9.57 Å². The monoisotopic (exact) mass is 715 g/mol. The predicted octanol–water partition coefficient (Wildman–Crippen LogP) is 2.53. The van der Waals surface area contributed by atoms with E-state index in [1.807, 2.05) is 0 Å². The molecule has 1 atom stereocenters. The van der Waals surface area contributed by atoms with Gasteiger partial charge in [0.25, 0.3) is 15.9 Å². The maximum absolute atomic E-state index is 15.0.